The molecule has 1 rings (SSSR count). The molecule has 0 unspecified atom stereocenters. The van der Waals surface area contributed by atoms with E-state index in [1.54, 1.807) is 7.11 Å². The minimum Gasteiger partial charge on any atom is -0.497 e. The van der Waals surface area contributed by atoms with Crippen LogP contribution in [0.2, 0.25) is 0 Å². The van der Waals surface area contributed by atoms with E-state index >= 15 is 0 Å². The number of terminal acetylenes is 1. The van der Waals surface area contributed by atoms with E-state index in [1.165, 1.54) is 0 Å². The predicted octanol–water partition coefficient (Wildman–Crippen LogP) is 1.74. The van der Waals surface area contributed by atoms with Gasteiger partial charge in [-0.05, 0) is 12.1 Å². The molecular formula is C10H11NO. The molecule has 1 aromatic rings. The van der Waals surface area contributed by atoms with Crippen LogP contribution in [0.25, 0.3) is 0 Å². The molecule has 0 aliphatic heterocycles. The largest absolute Gasteiger partial charge is 0.497 e. The van der Waals surface area contributed by atoms with E-state index in [0.29, 0.717) is 6.54 Å². The summed E-state index contributed by atoms with van der Waals surface area (Å²) in [6.45, 7) is 0.535. The van der Waals surface area contributed by atoms with Crippen LogP contribution in [0.5, 0.6) is 5.75 Å². The lowest BCUT2D eigenvalue weighted by Crippen LogP contribution is -1.97. The summed E-state index contributed by atoms with van der Waals surface area (Å²) in [6.07, 6.45) is 5.10. The predicted molar refractivity (Wildman–Crippen MR) is 50.3 cm³/mol. The van der Waals surface area contributed by atoms with Crippen LogP contribution in [0.4, 0.5) is 5.69 Å². The Labute approximate surface area is 72.6 Å². The van der Waals surface area contributed by atoms with Crippen LogP contribution < -0.4 is 10.1 Å². The van der Waals surface area contributed by atoms with E-state index in [0.717, 1.165) is 11.4 Å². The fourth-order valence-electron chi connectivity index (χ4n) is 0.886. The summed E-state index contributed by atoms with van der Waals surface area (Å²) in [5.74, 6) is 3.33. The summed E-state index contributed by atoms with van der Waals surface area (Å²) in [7, 11) is 1.64. The fourth-order valence-corrected chi connectivity index (χ4v) is 0.886. The number of anilines is 1. The Bertz CT molecular complexity index is 288. The summed E-state index contributed by atoms with van der Waals surface area (Å²) in [6, 6.07) is 7.65. The van der Waals surface area contributed by atoms with Crippen LogP contribution in [-0.4, -0.2) is 13.7 Å². The molecule has 0 fully saturated rings. The topological polar surface area (TPSA) is 21.3 Å². The standard InChI is InChI=1S/C10H11NO/c1-3-7-11-9-5-4-6-10(8-9)12-2/h1,4-6,8,11H,7H2,2H3. The molecule has 0 aliphatic carbocycles. The number of benzene rings is 1. The average molecular weight is 161 g/mol. The van der Waals surface area contributed by atoms with Crippen molar-refractivity contribution in [2.75, 3.05) is 19.0 Å². The molecule has 0 spiro atoms. The van der Waals surface area contributed by atoms with Crippen molar-refractivity contribution in [3.63, 3.8) is 0 Å². The minimum atomic E-state index is 0.535. The third kappa shape index (κ3) is 2.21. The number of ether oxygens (including phenoxy) is 1. The van der Waals surface area contributed by atoms with Crippen LogP contribution in [0.3, 0.4) is 0 Å². The molecule has 12 heavy (non-hydrogen) atoms. The second-order valence-electron chi connectivity index (χ2n) is 2.29. The molecule has 0 bridgehead atoms. The van der Waals surface area contributed by atoms with Gasteiger partial charge in [0.1, 0.15) is 5.75 Å². The molecule has 1 N–H and O–H groups in total. The lowest BCUT2D eigenvalue weighted by atomic mass is 10.3. The van der Waals surface area contributed by atoms with E-state index in [-0.39, 0.29) is 0 Å². The Morgan fingerprint density at radius 3 is 3.08 bits per heavy atom. The fraction of sp³-hybridized carbons (Fsp3) is 0.200. The zero-order chi connectivity index (χ0) is 8.81. The quantitative estimate of drug-likeness (QED) is 0.682. The number of methoxy groups -OCH3 is 1. The third-order valence-electron chi connectivity index (χ3n) is 1.46. The van der Waals surface area contributed by atoms with E-state index in [1.807, 2.05) is 24.3 Å². The minimum absolute atomic E-state index is 0.535. The first kappa shape index (κ1) is 8.48. The SMILES string of the molecule is C#CCNc1cccc(OC)c1. The van der Waals surface area contributed by atoms with Crippen molar-refractivity contribution in [1.29, 1.82) is 0 Å². The van der Waals surface area contributed by atoms with Crippen molar-refractivity contribution >= 4 is 5.69 Å². The summed E-state index contributed by atoms with van der Waals surface area (Å²) in [5.41, 5.74) is 0.979. The van der Waals surface area contributed by atoms with E-state index in [2.05, 4.69) is 11.2 Å². The van der Waals surface area contributed by atoms with Gasteiger partial charge in [0.25, 0.3) is 0 Å². The van der Waals surface area contributed by atoms with Gasteiger partial charge in [-0.1, -0.05) is 12.0 Å². The molecule has 2 nitrogen and oxygen atoms in total. The molecule has 0 aromatic heterocycles. The maximum absolute atomic E-state index is 5.10. The molecule has 62 valence electrons. The zero-order valence-electron chi connectivity index (χ0n) is 7.00. The van der Waals surface area contributed by atoms with Gasteiger partial charge in [0, 0.05) is 11.8 Å². The van der Waals surface area contributed by atoms with E-state index in [4.69, 9.17) is 11.2 Å². The summed E-state index contributed by atoms with van der Waals surface area (Å²) in [5, 5.41) is 3.05. The molecule has 0 heterocycles. The molecule has 0 amide bonds. The number of rotatable bonds is 3. The Hall–Kier alpha value is -1.62. The molecule has 0 aliphatic rings. The van der Waals surface area contributed by atoms with Gasteiger partial charge in [0.05, 0.1) is 13.7 Å². The van der Waals surface area contributed by atoms with Gasteiger partial charge < -0.3 is 10.1 Å². The van der Waals surface area contributed by atoms with Crippen LogP contribution >= 0.6 is 0 Å². The highest BCUT2D eigenvalue weighted by atomic mass is 16.5. The van der Waals surface area contributed by atoms with E-state index in [9.17, 15) is 0 Å². The number of nitrogens with one attached hydrogen (secondary N) is 1. The molecule has 0 saturated carbocycles. The second kappa shape index (κ2) is 4.30. The third-order valence-corrected chi connectivity index (χ3v) is 1.46. The van der Waals surface area contributed by atoms with Crippen molar-refractivity contribution in [2.24, 2.45) is 0 Å². The van der Waals surface area contributed by atoms with Gasteiger partial charge in [0.2, 0.25) is 0 Å². The first-order valence-corrected chi connectivity index (χ1v) is 3.68. The van der Waals surface area contributed by atoms with Crippen molar-refractivity contribution in [3.05, 3.63) is 24.3 Å². The maximum Gasteiger partial charge on any atom is 0.120 e. The first-order chi connectivity index (χ1) is 5.86. The lowest BCUT2D eigenvalue weighted by molar-refractivity contribution is 0.415. The Morgan fingerprint density at radius 1 is 1.58 bits per heavy atom. The normalized spacial score (nSPS) is 8.67. The van der Waals surface area contributed by atoms with E-state index < -0.39 is 0 Å². The van der Waals surface area contributed by atoms with Gasteiger partial charge in [-0.2, -0.15) is 0 Å². The average Bonchev–Trinajstić information content (AvgIpc) is 2.15. The zero-order valence-corrected chi connectivity index (χ0v) is 7.00. The molecule has 1 aromatic carbocycles. The monoisotopic (exact) mass is 161 g/mol. The van der Waals surface area contributed by atoms with Crippen molar-refractivity contribution < 1.29 is 4.74 Å². The van der Waals surface area contributed by atoms with Crippen molar-refractivity contribution in [3.8, 4) is 18.1 Å². The van der Waals surface area contributed by atoms with Crippen LogP contribution in [0, 0.1) is 12.3 Å². The molecular weight excluding hydrogens is 150 g/mol. The summed E-state index contributed by atoms with van der Waals surface area (Å²) >= 11 is 0. The highest BCUT2D eigenvalue weighted by Crippen LogP contribution is 2.15. The molecule has 2 heteroatoms. The number of hydrogen-bond donors (Lipinski definition) is 1. The summed E-state index contributed by atoms with van der Waals surface area (Å²) < 4.78 is 5.04. The van der Waals surface area contributed by atoms with Gasteiger partial charge in [0.15, 0.2) is 0 Å². The van der Waals surface area contributed by atoms with Crippen LogP contribution in [0.1, 0.15) is 0 Å². The summed E-state index contributed by atoms with van der Waals surface area (Å²) in [4.78, 5) is 0. The number of hydrogen-bond acceptors (Lipinski definition) is 2. The molecule has 0 saturated heterocycles. The highest BCUT2D eigenvalue weighted by Gasteiger charge is 1.92. The van der Waals surface area contributed by atoms with Crippen LogP contribution in [0.15, 0.2) is 24.3 Å². The Morgan fingerprint density at radius 2 is 2.42 bits per heavy atom. The Balaban J connectivity index is 2.67. The smallest absolute Gasteiger partial charge is 0.120 e. The molecule has 0 atom stereocenters. The van der Waals surface area contributed by atoms with Gasteiger partial charge in [-0.3, -0.25) is 0 Å². The first-order valence-electron chi connectivity index (χ1n) is 3.68. The van der Waals surface area contributed by atoms with Crippen molar-refractivity contribution in [2.45, 2.75) is 0 Å². The highest BCUT2D eigenvalue weighted by molar-refractivity contribution is 5.48. The van der Waals surface area contributed by atoms with Gasteiger partial charge in [-0.15, -0.1) is 6.42 Å². The second-order valence-corrected chi connectivity index (χ2v) is 2.29. The van der Waals surface area contributed by atoms with Gasteiger partial charge in [-0.25, -0.2) is 0 Å². The van der Waals surface area contributed by atoms with Crippen LogP contribution in [-0.2, 0) is 0 Å². The van der Waals surface area contributed by atoms with Crippen molar-refractivity contribution in [1.82, 2.24) is 0 Å². The lowest BCUT2D eigenvalue weighted by Gasteiger charge is -2.04. The Kier molecular flexibility index (Phi) is 3.04. The van der Waals surface area contributed by atoms with Gasteiger partial charge >= 0.3 is 0 Å². The maximum atomic E-state index is 5.10. The molecule has 0 radical (unpaired) electrons.